The third-order valence-electron chi connectivity index (χ3n) is 4.56. The Morgan fingerprint density at radius 3 is 2.53 bits per heavy atom. The minimum absolute atomic E-state index is 0.179. The highest BCUT2D eigenvalue weighted by atomic mass is 16.2. The van der Waals surface area contributed by atoms with E-state index in [1.54, 1.807) is 6.08 Å². The minimum Gasteiger partial charge on any atom is -0.357 e. The molecule has 3 heteroatoms. The Morgan fingerprint density at radius 2 is 1.95 bits per heavy atom. The number of rotatable bonds is 2. The third kappa shape index (κ3) is 2.75. The van der Waals surface area contributed by atoms with Gasteiger partial charge in [0.25, 0.3) is 0 Å². The summed E-state index contributed by atoms with van der Waals surface area (Å²) in [5.41, 5.74) is 1.09. The monoisotopic (exact) mass is 258 g/mol. The standard InChI is InChI=1S/C16H22N2O/c1-17-9-8-13(10-17)6-7-16(19)18-11-14-4-2-3-5-15(14)12-18/h6-10,14-15H,2-5,11-12H2,1H3. The first-order valence-corrected chi connectivity index (χ1v) is 7.31. The molecule has 0 bridgehead atoms. The molecule has 2 aliphatic rings. The quantitative estimate of drug-likeness (QED) is 0.749. The number of amides is 1. The van der Waals surface area contributed by atoms with Gasteiger partial charge < -0.3 is 9.47 Å². The first-order chi connectivity index (χ1) is 9.22. The highest BCUT2D eigenvalue weighted by molar-refractivity contribution is 5.91. The molecule has 0 aromatic carbocycles. The summed E-state index contributed by atoms with van der Waals surface area (Å²) in [5, 5.41) is 0. The van der Waals surface area contributed by atoms with Gasteiger partial charge in [-0.3, -0.25) is 4.79 Å². The van der Waals surface area contributed by atoms with Crippen LogP contribution in [0.4, 0.5) is 0 Å². The molecule has 19 heavy (non-hydrogen) atoms. The first-order valence-electron chi connectivity index (χ1n) is 7.31. The Morgan fingerprint density at radius 1 is 1.26 bits per heavy atom. The van der Waals surface area contributed by atoms with Crippen LogP contribution in [-0.2, 0) is 11.8 Å². The van der Waals surface area contributed by atoms with Crippen LogP contribution in [0.25, 0.3) is 6.08 Å². The second-order valence-electron chi connectivity index (χ2n) is 5.99. The molecule has 1 aromatic heterocycles. The van der Waals surface area contributed by atoms with Crippen molar-refractivity contribution in [2.45, 2.75) is 25.7 Å². The summed E-state index contributed by atoms with van der Waals surface area (Å²) in [6.07, 6.45) is 13.0. The number of fused-ring (bicyclic) bond motifs is 1. The van der Waals surface area contributed by atoms with Crippen LogP contribution in [0.1, 0.15) is 31.2 Å². The molecule has 0 radical (unpaired) electrons. The van der Waals surface area contributed by atoms with Crippen LogP contribution in [0, 0.1) is 11.8 Å². The second kappa shape index (κ2) is 5.24. The zero-order valence-corrected chi connectivity index (χ0v) is 11.6. The summed E-state index contributed by atoms with van der Waals surface area (Å²) in [6, 6.07) is 2.02. The fourth-order valence-electron chi connectivity index (χ4n) is 3.48. The van der Waals surface area contributed by atoms with E-state index in [-0.39, 0.29) is 5.91 Å². The summed E-state index contributed by atoms with van der Waals surface area (Å²) in [5.74, 6) is 1.71. The molecule has 1 saturated heterocycles. The molecule has 0 N–H and O–H groups in total. The van der Waals surface area contributed by atoms with E-state index >= 15 is 0 Å². The lowest BCUT2D eigenvalue weighted by molar-refractivity contribution is -0.125. The van der Waals surface area contributed by atoms with Gasteiger partial charge in [-0.25, -0.2) is 0 Å². The Labute approximate surface area is 114 Å². The molecule has 2 heterocycles. The van der Waals surface area contributed by atoms with Crippen molar-refractivity contribution < 1.29 is 4.79 Å². The van der Waals surface area contributed by atoms with Crippen molar-refractivity contribution in [3.8, 4) is 0 Å². The predicted octanol–water partition coefficient (Wildman–Crippen LogP) is 2.69. The van der Waals surface area contributed by atoms with Crippen molar-refractivity contribution in [1.82, 2.24) is 9.47 Å². The minimum atomic E-state index is 0.179. The Hall–Kier alpha value is -1.51. The molecule has 1 aliphatic heterocycles. The molecule has 2 unspecified atom stereocenters. The maximum absolute atomic E-state index is 12.2. The van der Waals surface area contributed by atoms with Crippen LogP contribution in [-0.4, -0.2) is 28.5 Å². The van der Waals surface area contributed by atoms with E-state index in [4.69, 9.17) is 0 Å². The molecule has 2 atom stereocenters. The lowest BCUT2D eigenvalue weighted by atomic mass is 9.82. The zero-order valence-electron chi connectivity index (χ0n) is 11.6. The highest BCUT2D eigenvalue weighted by Crippen LogP contribution is 2.36. The maximum Gasteiger partial charge on any atom is 0.246 e. The van der Waals surface area contributed by atoms with Crippen LogP contribution < -0.4 is 0 Å². The maximum atomic E-state index is 12.2. The number of aromatic nitrogens is 1. The molecule has 1 amide bonds. The van der Waals surface area contributed by atoms with Crippen LogP contribution in [0.15, 0.2) is 24.5 Å². The topological polar surface area (TPSA) is 25.2 Å². The summed E-state index contributed by atoms with van der Waals surface area (Å²) >= 11 is 0. The molecule has 1 aromatic rings. The van der Waals surface area contributed by atoms with E-state index in [0.29, 0.717) is 0 Å². The lowest BCUT2D eigenvalue weighted by Crippen LogP contribution is -2.27. The van der Waals surface area contributed by atoms with E-state index in [1.165, 1.54) is 25.7 Å². The van der Waals surface area contributed by atoms with Gasteiger partial charge in [-0.15, -0.1) is 0 Å². The van der Waals surface area contributed by atoms with E-state index in [1.807, 2.05) is 41.1 Å². The molecule has 1 aliphatic carbocycles. The Kier molecular flexibility index (Phi) is 3.45. The predicted molar refractivity (Wildman–Crippen MR) is 76.5 cm³/mol. The van der Waals surface area contributed by atoms with E-state index < -0.39 is 0 Å². The van der Waals surface area contributed by atoms with Crippen molar-refractivity contribution in [2.24, 2.45) is 18.9 Å². The first kappa shape index (κ1) is 12.5. The largest absolute Gasteiger partial charge is 0.357 e. The summed E-state index contributed by atoms with van der Waals surface area (Å²) in [6.45, 7) is 1.95. The number of hydrogen-bond donors (Lipinski definition) is 0. The molecular formula is C16H22N2O. The molecule has 3 nitrogen and oxygen atoms in total. The SMILES string of the molecule is Cn1ccc(C=CC(=O)N2CC3CCCCC3C2)c1. The Bertz CT molecular complexity index is 475. The average Bonchev–Trinajstić information content (AvgIpc) is 3.01. The molecular weight excluding hydrogens is 236 g/mol. The van der Waals surface area contributed by atoms with Gasteiger partial charge in [0, 0.05) is 38.6 Å². The molecule has 3 rings (SSSR count). The van der Waals surface area contributed by atoms with Gasteiger partial charge in [0.05, 0.1) is 0 Å². The fourth-order valence-corrected chi connectivity index (χ4v) is 3.48. The van der Waals surface area contributed by atoms with Gasteiger partial charge in [0.15, 0.2) is 0 Å². The van der Waals surface area contributed by atoms with Crippen molar-refractivity contribution in [1.29, 1.82) is 0 Å². The lowest BCUT2D eigenvalue weighted by Gasteiger charge is -2.22. The molecule has 2 fully saturated rings. The smallest absolute Gasteiger partial charge is 0.246 e. The van der Waals surface area contributed by atoms with E-state index in [2.05, 4.69) is 0 Å². The number of hydrogen-bond acceptors (Lipinski definition) is 1. The van der Waals surface area contributed by atoms with Gasteiger partial charge >= 0.3 is 0 Å². The summed E-state index contributed by atoms with van der Waals surface area (Å²) in [4.78, 5) is 14.2. The third-order valence-corrected chi connectivity index (χ3v) is 4.56. The van der Waals surface area contributed by atoms with Crippen molar-refractivity contribution in [3.63, 3.8) is 0 Å². The van der Waals surface area contributed by atoms with Crippen molar-refractivity contribution in [2.75, 3.05) is 13.1 Å². The van der Waals surface area contributed by atoms with E-state index in [0.717, 1.165) is 30.5 Å². The van der Waals surface area contributed by atoms with Gasteiger partial charge in [-0.05, 0) is 42.4 Å². The van der Waals surface area contributed by atoms with E-state index in [9.17, 15) is 4.79 Å². The van der Waals surface area contributed by atoms with Crippen molar-refractivity contribution in [3.05, 3.63) is 30.1 Å². The van der Waals surface area contributed by atoms with Crippen LogP contribution >= 0.6 is 0 Å². The van der Waals surface area contributed by atoms with Gasteiger partial charge in [0.1, 0.15) is 0 Å². The number of aryl methyl sites for hydroxylation is 1. The van der Waals surface area contributed by atoms with Crippen LogP contribution in [0.5, 0.6) is 0 Å². The van der Waals surface area contributed by atoms with Crippen molar-refractivity contribution >= 4 is 12.0 Å². The summed E-state index contributed by atoms with van der Waals surface area (Å²) < 4.78 is 1.99. The molecule has 0 spiro atoms. The summed E-state index contributed by atoms with van der Waals surface area (Å²) in [7, 11) is 1.99. The fraction of sp³-hybridized carbons (Fsp3) is 0.562. The number of carbonyl (C=O) groups is 1. The number of carbonyl (C=O) groups excluding carboxylic acids is 1. The normalized spacial score (nSPS) is 26.9. The highest BCUT2D eigenvalue weighted by Gasteiger charge is 2.35. The number of nitrogens with zero attached hydrogens (tertiary/aromatic N) is 2. The number of likely N-dealkylation sites (tertiary alicyclic amines) is 1. The Balaban J connectivity index is 1.60. The van der Waals surface area contributed by atoms with Crippen LogP contribution in [0.3, 0.4) is 0 Å². The van der Waals surface area contributed by atoms with Gasteiger partial charge in [0.2, 0.25) is 5.91 Å². The molecule has 1 saturated carbocycles. The van der Waals surface area contributed by atoms with Gasteiger partial charge in [-0.2, -0.15) is 0 Å². The second-order valence-corrected chi connectivity index (χ2v) is 5.99. The van der Waals surface area contributed by atoms with Gasteiger partial charge in [-0.1, -0.05) is 12.8 Å². The average molecular weight is 258 g/mol. The van der Waals surface area contributed by atoms with Crippen LogP contribution in [0.2, 0.25) is 0 Å². The zero-order chi connectivity index (χ0) is 13.2. The molecule has 102 valence electrons.